The number of thiazole rings is 1. The highest BCUT2D eigenvalue weighted by Crippen LogP contribution is 2.42. The summed E-state index contributed by atoms with van der Waals surface area (Å²) >= 11 is 5.43. The predicted octanol–water partition coefficient (Wildman–Crippen LogP) is 5.03. The highest BCUT2D eigenvalue weighted by Gasteiger charge is 2.14. The van der Waals surface area contributed by atoms with E-state index in [1.807, 2.05) is 28.2 Å². The van der Waals surface area contributed by atoms with E-state index in [4.69, 9.17) is 0 Å². The van der Waals surface area contributed by atoms with Crippen molar-refractivity contribution in [1.82, 2.24) is 4.98 Å². The first-order valence-electron chi connectivity index (χ1n) is 4.96. The third-order valence-electron chi connectivity index (χ3n) is 2.90. The first-order chi connectivity index (χ1) is 7.86. The Morgan fingerprint density at radius 2 is 2.00 bits per heavy atom. The molecule has 0 aliphatic rings. The van der Waals surface area contributed by atoms with Crippen LogP contribution in [-0.4, -0.2) is 4.98 Å². The molecular weight excluding hydrogens is 254 g/mol. The van der Waals surface area contributed by atoms with Crippen LogP contribution in [0.15, 0.2) is 22.3 Å². The zero-order valence-corrected chi connectivity index (χ0v) is 10.9. The first-order valence-corrected chi connectivity index (χ1v) is 7.60. The summed E-state index contributed by atoms with van der Waals surface area (Å²) in [6.45, 7) is 2.18. The van der Waals surface area contributed by atoms with E-state index in [0.717, 1.165) is 0 Å². The minimum Gasteiger partial charge on any atom is -0.244 e. The molecule has 0 aliphatic carbocycles. The summed E-state index contributed by atoms with van der Waals surface area (Å²) in [4.78, 5) is 4.54. The summed E-state index contributed by atoms with van der Waals surface area (Å²) in [7, 11) is 0. The van der Waals surface area contributed by atoms with Crippen molar-refractivity contribution in [2.24, 2.45) is 0 Å². The molecule has 0 radical (unpaired) electrons. The number of hydrogen-bond donors (Lipinski definition) is 0. The highest BCUT2D eigenvalue weighted by atomic mass is 32.1. The summed E-state index contributed by atoms with van der Waals surface area (Å²) in [6.07, 6.45) is 0. The van der Waals surface area contributed by atoms with Crippen LogP contribution in [0.3, 0.4) is 0 Å². The highest BCUT2D eigenvalue weighted by molar-refractivity contribution is 7.27. The lowest BCUT2D eigenvalue weighted by Crippen LogP contribution is -1.74. The molecule has 0 fully saturated rings. The van der Waals surface area contributed by atoms with Crippen molar-refractivity contribution in [2.75, 3.05) is 0 Å². The van der Waals surface area contributed by atoms with Crippen molar-refractivity contribution in [3.8, 4) is 0 Å². The molecule has 4 heteroatoms. The van der Waals surface area contributed by atoms with E-state index in [0.29, 0.717) is 0 Å². The van der Waals surface area contributed by atoms with Crippen LogP contribution < -0.4 is 0 Å². The monoisotopic (exact) mass is 261 g/mol. The van der Waals surface area contributed by atoms with Crippen molar-refractivity contribution in [3.63, 3.8) is 0 Å². The normalized spacial score (nSPS) is 12.1. The molecule has 1 nitrogen and oxygen atoms in total. The first kappa shape index (κ1) is 9.10. The van der Waals surface area contributed by atoms with Gasteiger partial charge in [0.1, 0.15) is 0 Å². The SMILES string of the molecule is Cc1csc2c3sccc3c3scnc3c12. The van der Waals surface area contributed by atoms with Gasteiger partial charge in [0, 0.05) is 10.8 Å². The van der Waals surface area contributed by atoms with Gasteiger partial charge < -0.3 is 0 Å². The van der Waals surface area contributed by atoms with Crippen LogP contribution in [-0.2, 0) is 0 Å². The summed E-state index contributed by atoms with van der Waals surface area (Å²) in [6, 6.07) is 2.22. The van der Waals surface area contributed by atoms with Crippen LogP contribution in [0.1, 0.15) is 5.56 Å². The number of thiophene rings is 2. The summed E-state index contributed by atoms with van der Waals surface area (Å²) in [5.74, 6) is 0. The minimum atomic E-state index is 1.18. The van der Waals surface area contributed by atoms with Gasteiger partial charge in [-0.3, -0.25) is 0 Å². The minimum absolute atomic E-state index is 1.18. The Morgan fingerprint density at radius 1 is 1.06 bits per heavy atom. The maximum atomic E-state index is 4.54. The number of rotatable bonds is 0. The number of nitrogens with zero attached hydrogens (tertiary/aromatic N) is 1. The molecule has 1 aromatic carbocycles. The molecule has 0 aliphatic heterocycles. The number of benzene rings is 1. The molecule has 0 saturated carbocycles. The molecule has 0 N–H and O–H groups in total. The van der Waals surface area contributed by atoms with E-state index < -0.39 is 0 Å². The maximum Gasteiger partial charge on any atom is 0.0908 e. The lowest BCUT2D eigenvalue weighted by atomic mass is 10.1. The van der Waals surface area contributed by atoms with Gasteiger partial charge >= 0.3 is 0 Å². The Labute approximate surface area is 104 Å². The molecule has 0 bridgehead atoms. The average Bonchev–Trinajstić information content (AvgIpc) is 2.91. The molecule has 0 unspecified atom stereocenters. The van der Waals surface area contributed by atoms with E-state index in [-0.39, 0.29) is 0 Å². The van der Waals surface area contributed by atoms with Gasteiger partial charge in [-0.05, 0) is 29.3 Å². The third-order valence-corrected chi connectivity index (χ3v) is 5.93. The molecule has 4 rings (SSSR count). The number of hydrogen-bond acceptors (Lipinski definition) is 4. The number of aromatic nitrogens is 1. The Morgan fingerprint density at radius 3 is 2.94 bits per heavy atom. The van der Waals surface area contributed by atoms with Crippen LogP contribution >= 0.6 is 34.0 Å². The van der Waals surface area contributed by atoms with E-state index in [1.54, 1.807) is 11.3 Å². The van der Waals surface area contributed by atoms with Crippen molar-refractivity contribution >= 4 is 64.4 Å². The van der Waals surface area contributed by atoms with Crippen LogP contribution in [0.5, 0.6) is 0 Å². The predicted molar refractivity (Wildman–Crippen MR) is 75.1 cm³/mol. The molecule has 0 spiro atoms. The fourth-order valence-electron chi connectivity index (χ4n) is 2.18. The summed E-state index contributed by atoms with van der Waals surface area (Å²) in [5, 5.41) is 7.15. The second kappa shape index (κ2) is 3.03. The lowest BCUT2D eigenvalue weighted by molar-refractivity contribution is 1.51. The third kappa shape index (κ3) is 0.973. The van der Waals surface area contributed by atoms with Gasteiger partial charge in [-0.15, -0.1) is 34.0 Å². The van der Waals surface area contributed by atoms with Gasteiger partial charge in [0.05, 0.1) is 25.1 Å². The van der Waals surface area contributed by atoms with E-state index in [2.05, 4.69) is 28.7 Å². The Balaban J connectivity index is 2.53. The fraction of sp³-hybridized carbons (Fsp3) is 0.0833. The maximum absolute atomic E-state index is 4.54. The average molecular weight is 261 g/mol. The van der Waals surface area contributed by atoms with Gasteiger partial charge in [-0.25, -0.2) is 4.98 Å². The molecule has 16 heavy (non-hydrogen) atoms. The zero-order chi connectivity index (χ0) is 10.7. The van der Waals surface area contributed by atoms with Crippen molar-refractivity contribution in [1.29, 1.82) is 0 Å². The van der Waals surface area contributed by atoms with Gasteiger partial charge in [0.25, 0.3) is 0 Å². The molecule has 3 heterocycles. The zero-order valence-electron chi connectivity index (χ0n) is 8.48. The Kier molecular flexibility index (Phi) is 1.72. The van der Waals surface area contributed by atoms with Crippen LogP contribution in [0, 0.1) is 6.92 Å². The Bertz CT molecular complexity index is 789. The lowest BCUT2D eigenvalue weighted by Gasteiger charge is -1.97. The second-order valence-electron chi connectivity index (χ2n) is 3.82. The van der Waals surface area contributed by atoms with Gasteiger partial charge in [0.2, 0.25) is 0 Å². The molecule has 0 amide bonds. The van der Waals surface area contributed by atoms with Crippen LogP contribution in [0.25, 0.3) is 30.4 Å². The topological polar surface area (TPSA) is 12.9 Å². The molecular formula is C12H7NS3. The van der Waals surface area contributed by atoms with E-state index in [9.17, 15) is 0 Å². The summed E-state index contributed by atoms with van der Waals surface area (Å²) in [5.41, 5.74) is 4.49. The summed E-state index contributed by atoms with van der Waals surface area (Å²) < 4.78 is 4.16. The van der Waals surface area contributed by atoms with Crippen molar-refractivity contribution < 1.29 is 0 Å². The van der Waals surface area contributed by atoms with Crippen molar-refractivity contribution in [2.45, 2.75) is 6.92 Å². The van der Waals surface area contributed by atoms with Crippen LogP contribution in [0.4, 0.5) is 0 Å². The van der Waals surface area contributed by atoms with Gasteiger partial charge in [-0.2, -0.15) is 0 Å². The molecule has 3 aromatic heterocycles. The molecule has 78 valence electrons. The quantitative estimate of drug-likeness (QED) is 0.432. The Hall–Kier alpha value is -0.970. The number of aryl methyl sites for hydroxylation is 1. The smallest absolute Gasteiger partial charge is 0.0908 e. The van der Waals surface area contributed by atoms with Crippen LogP contribution in [0.2, 0.25) is 0 Å². The number of fused-ring (bicyclic) bond motifs is 6. The van der Waals surface area contributed by atoms with Gasteiger partial charge in [-0.1, -0.05) is 0 Å². The fourth-order valence-corrected chi connectivity index (χ4v) is 5.22. The standard InChI is InChI=1S/C12H7NS3/c1-6-4-15-12-8(6)9-10(16-5-13-9)7-2-3-14-11(7)12/h2-5H,1H3. The second-order valence-corrected chi connectivity index (χ2v) is 6.47. The molecule has 0 saturated heterocycles. The molecule has 0 atom stereocenters. The largest absolute Gasteiger partial charge is 0.244 e. The van der Waals surface area contributed by atoms with Crippen molar-refractivity contribution in [3.05, 3.63) is 27.9 Å². The van der Waals surface area contributed by atoms with Gasteiger partial charge in [0.15, 0.2) is 0 Å². The van der Waals surface area contributed by atoms with E-state index in [1.165, 1.54) is 36.0 Å². The van der Waals surface area contributed by atoms with E-state index >= 15 is 0 Å². The molecule has 4 aromatic rings.